The molecule has 7 nitrogen and oxygen atoms in total. The first-order valence-corrected chi connectivity index (χ1v) is 7.90. The first kappa shape index (κ1) is 15.8. The van der Waals surface area contributed by atoms with Gasteiger partial charge in [-0.3, -0.25) is 9.89 Å². The Hall–Kier alpha value is -2.12. The number of amides is 1. The maximum Gasteiger partial charge on any atom is 0.271 e. The van der Waals surface area contributed by atoms with E-state index in [9.17, 15) is 4.79 Å². The normalized spacial score (nSPS) is 17.5. The van der Waals surface area contributed by atoms with Crippen LogP contribution in [0, 0.1) is 0 Å². The third-order valence-corrected chi connectivity index (χ3v) is 3.68. The zero-order valence-electron chi connectivity index (χ0n) is 12.9. The number of hydrogen-bond acceptors (Lipinski definition) is 5. The highest BCUT2D eigenvalue weighted by molar-refractivity contribution is 5.93. The number of rotatable bonds is 8. The van der Waals surface area contributed by atoms with Gasteiger partial charge in [0.05, 0.1) is 19.0 Å². The molecule has 1 unspecified atom stereocenters. The first-order chi connectivity index (χ1) is 11.3. The van der Waals surface area contributed by atoms with Crippen molar-refractivity contribution in [2.45, 2.75) is 25.4 Å². The Balaban J connectivity index is 1.33. The fourth-order valence-corrected chi connectivity index (χ4v) is 2.45. The smallest absolute Gasteiger partial charge is 0.271 e. The van der Waals surface area contributed by atoms with E-state index in [1.807, 2.05) is 0 Å². The summed E-state index contributed by atoms with van der Waals surface area (Å²) in [6.45, 7) is 2.64. The standard InChI is InChI=1S/C16H21N3O4/c20-16(14-10-13(18-19-14)15-5-2-9-23-15)17-6-3-7-21-11-12-4-1-8-22-12/h2,5,9-10,12H,1,3-4,6-8,11H2,(H,17,20)(H,18,19). The molecule has 3 heterocycles. The van der Waals surface area contributed by atoms with Crippen molar-refractivity contribution < 1.29 is 18.7 Å². The average molecular weight is 319 g/mol. The van der Waals surface area contributed by atoms with Crippen LogP contribution in [0.2, 0.25) is 0 Å². The molecule has 1 fully saturated rings. The molecule has 1 aliphatic rings. The third kappa shape index (κ3) is 4.43. The van der Waals surface area contributed by atoms with Gasteiger partial charge in [0.15, 0.2) is 11.5 Å². The maximum atomic E-state index is 12.0. The van der Waals surface area contributed by atoms with E-state index >= 15 is 0 Å². The number of H-pyrrole nitrogens is 1. The second-order valence-electron chi connectivity index (χ2n) is 5.46. The predicted octanol–water partition coefficient (Wildman–Crippen LogP) is 1.99. The van der Waals surface area contributed by atoms with Crippen LogP contribution in [0.25, 0.3) is 11.5 Å². The maximum absolute atomic E-state index is 12.0. The van der Waals surface area contributed by atoms with E-state index in [0.717, 1.165) is 25.9 Å². The van der Waals surface area contributed by atoms with Crippen molar-refractivity contribution >= 4 is 5.91 Å². The zero-order valence-corrected chi connectivity index (χ0v) is 12.9. The summed E-state index contributed by atoms with van der Waals surface area (Å²) in [6, 6.07) is 5.26. The SMILES string of the molecule is O=C(NCCCOCC1CCCO1)c1cc(-c2ccco2)[nH]n1. The number of carbonyl (C=O) groups is 1. The molecule has 2 N–H and O–H groups in total. The van der Waals surface area contributed by atoms with E-state index in [-0.39, 0.29) is 12.0 Å². The monoisotopic (exact) mass is 319 g/mol. The van der Waals surface area contributed by atoms with Gasteiger partial charge in [0.25, 0.3) is 5.91 Å². The Labute approximate surface area is 134 Å². The molecule has 1 atom stereocenters. The largest absolute Gasteiger partial charge is 0.463 e. The fourth-order valence-electron chi connectivity index (χ4n) is 2.45. The first-order valence-electron chi connectivity index (χ1n) is 7.90. The summed E-state index contributed by atoms with van der Waals surface area (Å²) in [5.74, 6) is 0.442. The molecule has 0 saturated carbocycles. The van der Waals surface area contributed by atoms with Gasteiger partial charge in [-0.1, -0.05) is 0 Å². The van der Waals surface area contributed by atoms with E-state index in [0.29, 0.717) is 36.9 Å². The van der Waals surface area contributed by atoms with Crippen LogP contribution in [-0.2, 0) is 9.47 Å². The quantitative estimate of drug-likeness (QED) is 0.726. The molecule has 1 aliphatic heterocycles. The van der Waals surface area contributed by atoms with E-state index in [1.54, 1.807) is 24.5 Å². The summed E-state index contributed by atoms with van der Waals surface area (Å²) >= 11 is 0. The van der Waals surface area contributed by atoms with Gasteiger partial charge in [0, 0.05) is 25.8 Å². The second kappa shape index (κ2) is 7.94. The Morgan fingerprint density at radius 1 is 1.52 bits per heavy atom. The highest BCUT2D eigenvalue weighted by atomic mass is 16.5. The van der Waals surface area contributed by atoms with Gasteiger partial charge in [-0.05, 0) is 31.4 Å². The molecule has 0 aromatic carbocycles. The van der Waals surface area contributed by atoms with Crippen molar-refractivity contribution in [1.29, 1.82) is 0 Å². The third-order valence-electron chi connectivity index (χ3n) is 3.68. The number of nitrogens with zero attached hydrogens (tertiary/aromatic N) is 1. The average Bonchev–Trinajstić information content (AvgIpc) is 3.32. The van der Waals surface area contributed by atoms with Gasteiger partial charge in [0.1, 0.15) is 5.69 Å². The van der Waals surface area contributed by atoms with Gasteiger partial charge in [-0.25, -0.2) is 0 Å². The minimum atomic E-state index is -0.210. The van der Waals surface area contributed by atoms with Crippen LogP contribution in [-0.4, -0.2) is 48.6 Å². The van der Waals surface area contributed by atoms with Crippen molar-refractivity contribution in [2.75, 3.05) is 26.4 Å². The highest BCUT2D eigenvalue weighted by Crippen LogP contribution is 2.17. The molecule has 23 heavy (non-hydrogen) atoms. The van der Waals surface area contributed by atoms with Crippen LogP contribution in [0.4, 0.5) is 0 Å². The zero-order chi connectivity index (χ0) is 15.9. The van der Waals surface area contributed by atoms with Gasteiger partial charge >= 0.3 is 0 Å². The number of aromatic nitrogens is 2. The van der Waals surface area contributed by atoms with Crippen molar-refractivity contribution in [2.24, 2.45) is 0 Å². The van der Waals surface area contributed by atoms with Crippen LogP contribution in [0.15, 0.2) is 28.9 Å². The summed E-state index contributed by atoms with van der Waals surface area (Å²) in [7, 11) is 0. The molecule has 0 aliphatic carbocycles. The van der Waals surface area contributed by atoms with E-state index in [4.69, 9.17) is 13.9 Å². The Bertz CT molecular complexity index is 603. The molecule has 1 saturated heterocycles. The predicted molar refractivity (Wildman–Crippen MR) is 83.0 cm³/mol. The Kier molecular flexibility index (Phi) is 5.44. The molecule has 0 bridgehead atoms. The molecular formula is C16H21N3O4. The Morgan fingerprint density at radius 2 is 2.48 bits per heavy atom. The summed E-state index contributed by atoms with van der Waals surface area (Å²) in [4.78, 5) is 12.0. The van der Waals surface area contributed by atoms with Crippen LogP contribution in [0.3, 0.4) is 0 Å². The van der Waals surface area contributed by atoms with Gasteiger partial charge in [0.2, 0.25) is 0 Å². The van der Waals surface area contributed by atoms with Gasteiger partial charge in [-0.2, -0.15) is 5.10 Å². The number of carbonyl (C=O) groups excluding carboxylic acids is 1. The number of hydrogen-bond donors (Lipinski definition) is 2. The summed E-state index contributed by atoms with van der Waals surface area (Å²) in [5.41, 5.74) is 1.02. The van der Waals surface area contributed by atoms with Crippen molar-refractivity contribution in [1.82, 2.24) is 15.5 Å². The Morgan fingerprint density at radius 3 is 3.26 bits per heavy atom. The van der Waals surface area contributed by atoms with Gasteiger partial charge < -0.3 is 19.2 Å². The molecule has 7 heteroatoms. The van der Waals surface area contributed by atoms with E-state index in [1.165, 1.54) is 0 Å². The minimum Gasteiger partial charge on any atom is -0.463 e. The topological polar surface area (TPSA) is 89.4 Å². The van der Waals surface area contributed by atoms with Gasteiger partial charge in [-0.15, -0.1) is 0 Å². The molecular weight excluding hydrogens is 298 g/mol. The van der Waals surface area contributed by atoms with Crippen LogP contribution < -0.4 is 5.32 Å². The fraction of sp³-hybridized carbons (Fsp3) is 0.500. The number of aromatic amines is 1. The summed E-state index contributed by atoms with van der Waals surface area (Å²) in [6.07, 6.45) is 4.77. The minimum absolute atomic E-state index is 0.210. The number of nitrogens with one attached hydrogen (secondary N) is 2. The van der Waals surface area contributed by atoms with Crippen LogP contribution >= 0.6 is 0 Å². The molecule has 3 rings (SSSR count). The lowest BCUT2D eigenvalue weighted by Gasteiger charge is -2.10. The lowest BCUT2D eigenvalue weighted by Crippen LogP contribution is -2.26. The molecule has 0 radical (unpaired) electrons. The summed E-state index contributed by atoms with van der Waals surface area (Å²) < 4.78 is 16.3. The second-order valence-corrected chi connectivity index (χ2v) is 5.46. The highest BCUT2D eigenvalue weighted by Gasteiger charge is 2.15. The molecule has 2 aromatic heterocycles. The number of ether oxygens (including phenoxy) is 2. The van der Waals surface area contributed by atoms with E-state index < -0.39 is 0 Å². The van der Waals surface area contributed by atoms with Crippen LogP contribution in [0.5, 0.6) is 0 Å². The molecule has 124 valence electrons. The van der Waals surface area contributed by atoms with Crippen molar-refractivity contribution in [3.63, 3.8) is 0 Å². The molecule has 1 amide bonds. The molecule has 2 aromatic rings. The summed E-state index contributed by atoms with van der Waals surface area (Å²) in [5, 5.41) is 9.61. The molecule has 0 spiro atoms. The van der Waals surface area contributed by atoms with E-state index in [2.05, 4.69) is 15.5 Å². The lowest BCUT2D eigenvalue weighted by molar-refractivity contribution is 0.0166. The van der Waals surface area contributed by atoms with Crippen LogP contribution in [0.1, 0.15) is 29.8 Å². The lowest BCUT2D eigenvalue weighted by atomic mass is 10.2. The van der Waals surface area contributed by atoms with Crippen molar-refractivity contribution in [3.05, 3.63) is 30.2 Å². The van der Waals surface area contributed by atoms with Crippen molar-refractivity contribution in [3.8, 4) is 11.5 Å². The number of furan rings is 1.